The second-order valence-corrected chi connectivity index (χ2v) is 6.60. The molecule has 2 aliphatic rings. The Hall–Kier alpha value is -0.810. The fourth-order valence-corrected chi connectivity index (χ4v) is 2.53. The second kappa shape index (κ2) is 6.76. The van der Waals surface area contributed by atoms with Crippen LogP contribution in [0.25, 0.3) is 0 Å². The lowest BCUT2D eigenvalue weighted by Crippen LogP contribution is -2.44. The summed E-state index contributed by atoms with van der Waals surface area (Å²) >= 11 is 0. The largest absolute Gasteiger partial charge is 0.444 e. The summed E-state index contributed by atoms with van der Waals surface area (Å²) in [5, 5.41) is 0. The molecule has 2 fully saturated rings. The van der Waals surface area contributed by atoms with E-state index in [9.17, 15) is 4.79 Å². The van der Waals surface area contributed by atoms with Gasteiger partial charge in [-0.05, 0) is 52.9 Å². The number of carbonyl (C=O) groups excluding carboxylic acids is 1. The first-order chi connectivity index (χ1) is 9.44. The predicted molar refractivity (Wildman–Crippen MR) is 75.5 cm³/mol. The third-order valence-electron chi connectivity index (χ3n) is 3.58. The van der Waals surface area contributed by atoms with E-state index in [1.165, 1.54) is 6.42 Å². The Bertz CT molecular complexity index is 312. The van der Waals surface area contributed by atoms with E-state index < -0.39 is 5.60 Å². The van der Waals surface area contributed by atoms with E-state index in [-0.39, 0.29) is 18.5 Å². The number of hydrogen-bond donors (Lipinski definition) is 0. The molecule has 0 aromatic carbocycles. The summed E-state index contributed by atoms with van der Waals surface area (Å²) in [4.78, 5) is 13.7. The Morgan fingerprint density at radius 1 is 1.15 bits per heavy atom. The van der Waals surface area contributed by atoms with Gasteiger partial charge in [-0.2, -0.15) is 0 Å². The summed E-state index contributed by atoms with van der Waals surface area (Å²) < 4.78 is 16.9. The van der Waals surface area contributed by atoms with Gasteiger partial charge in [0.15, 0.2) is 6.29 Å². The molecule has 0 aromatic heterocycles. The van der Waals surface area contributed by atoms with Gasteiger partial charge in [-0.1, -0.05) is 0 Å². The van der Waals surface area contributed by atoms with Gasteiger partial charge in [0.2, 0.25) is 0 Å². The molecule has 20 heavy (non-hydrogen) atoms. The van der Waals surface area contributed by atoms with Gasteiger partial charge in [0.05, 0.1) is 6.10 Å². The molecular weight excluding hydrogens is 258 g/mol. The van der Waals surface area contributed by atoms with Crippen molar-refractivity contribution < 1.29 is 19.0 Å². The molecule has 0 N–H and O–H groups in total. The van der Waals surface area contributed by atoms with Crippen molar-refractivity contribution in [3.05, 3.63) is 0 Å². The van der Waals surface area contributed by atoms with Gasteiger partial charge in [-0.25, -0.2) is 4.79 Å². The molecule has 2 heterocycles. The van der Waals surface area contributed by atoms with Crippen molar-refractivity contribution >= 4 is 6.09 Å². The molecule has 5 nitrogen and oxygen atoms in total. The Morgan fingerprint density at radius 2 is 1.85 bits per heavy atom. The lowest BCUT2D eigenvalue weighted by atomic mass is 10.1. The Morgan fingerprint density at radius 3 is 2.40 bits per heavy atom. The third kappa shape index (κ3) is 4.94. The van der Waals surface area contributed by atoms with Crippen molar-refractivity contribution in [1.82, 2.24) is 4.90 Å². The van der Waals surface area contributed by atoms with Crippen LogP contribution < -0.4 is 0 Å². The summed E-state index contributed by atoms with van der Waals surface area (Å²) in [5.74, 6) is 0. The minimum absolute atomic E-state index is 0.0400. The fourth-order valence-electron chi connectivity index (χ4n) is 2.53. The lowest BCUT2D eigenvalue weighted by Gasteiger charge is -2.35. The first-order valence-electron chi connectivity index (χ1n) is 7.69. The molecule has 116 valence electrons. The van der Waals surface area contributed by atoms with E-state index in [0.29, 0.717) is 13.1 Å². The van der Waals surface area contributed by atoms with Crippen LogP contribution in [0, 0.1) is 0 Å². The van der Waals surface area contributed by atoms with E-state index in [0.717, 1.165) is 32.3 Å². The summed E-state index contributed by atoms with van der Waals surface area (Å²) in [7, 11) is 0. The monoisotopic (exact) mass is 285 g/mol. The van der Waals surface area contributed by atoms with Crippen molar-refractivity contribution in [2.45, 2.75) is 70.9 Å². The van der Waals surface area contributed by atoms with Gasteiger partial charge in [-0.3, -0.25) is 0 Å². The smallest absolute Gasteiger partial charge is 0.410 e. The van der Waals surface area contributed by atoms with Crippen LogP contribution in [0.3, 0.4) is 0 Å². The number of carbonyl (C=O) groups is 1. The molecule has 0 bridgehead atoms. The number of nitrogens with zero attached hydrogens (tertiary/aromatic N) is 1. The highest BCUT2D eigenvalue weighted by Crippen LogP contribution is 2.22. The topological polar surface area (TPSA) is 48.0 Å². The van der Waals surface area contributed by atoms with Crippen molar-refractivity contribution in [3.8, 4) is 0 Å². The SMILES string of the molecule is CC(C)(C)OC(=O)N1CCC(OC2CCCCO2)CC1. The van der Waals surface area contributed by atoms with Gasteiger partial charge in [-0.15, -0.1) is 0 Å². The van der Waals surface area contributed by atoms with Crippen LogP contribution >= 0.6 is 0 Å². The molecule has 0 saturated carbocycles. The summed E-state index contributed by atoms with van der Waals surface area (Å²) in [5.41, 5.74) is -0.430. The zero-order chi connectivity index (χ0) is 14.6. The van der Waals surface area contributed by atoms with Crippen LogP contribution in [0.1, 0.15) is 52.9 Å². The highest BCUT2D eigenvalue weighted by molar-refractivity contribution is 5.68. The molecule has 0 spiro atoms. The van der Waals surface area contributed by atoms with Crippen molar-refractivity contribution in [3.63, 3.8) is 0 Å². The van der Waals surface area contributed by atoms with Crippen molar-refractivity contribution in [1.29, 1.82) is 0 Å². The fraction of sp³-hybridized carbons (Fsp3) is 0.933. The van der Waals surface area contributed by atoms with Crippen molar-refractivity contribution in [2.24, 2.45) is 0 Å². The van der Waals surface area contributed by atoms with Gasteiger partial charge >= 0.3 is 6.09 Å². The number of ether oxygens (including phenoxy) is 3. The van der Waals surface area contributed by atoms with E-state index in [1.807, 2.05) is 20.8 Å². The standard InChI is InChI=1S/C15H27NO4/c1-15(2,3)20-14(17)16-9-7-12(8-10-16)19-13-6-4-5-11-18-13/h12-13H,4-11H2,1-3H3. The normalized spacial score (nSPS) is 25.6. The van der Waals surface area contributed by atoms with Crippen LogP contribution in [-0.2, 0) is 14.2 Å². The van der Waals surface area contributed by atoms with Gasteiger partial charge in [0.25, 0.3) is 0 Å². The Labute approximate surface area is 121 Å². The zero-order valence-electron chi connectivity index (χ0n) is 12.9. The predicted octanol–water partition coefficient (Wildman–Crippen LogP) is 2.93. The molecule has 1 atom stereocenters. The first kappa shape index (κ1) is 15.6. The molecule has 1 unspecified atom stereocenters. The molecule has 1 amide bonds. The van der Waals surface area contributed by atoms with Crippen LogP contribution in [0.2, 0.25) is 0 Å². The lowest BCUT2D eigenvalue weighted by molar-refractivity contribution is -0.194. The number of likely N-dealkylation sites (tertiary alicyclic amines) is 1. The third-order valence-corrected chi connectivity index (χ3v) is 3.58. The average Bonchev–Trinajstić information content (AvgIpc) is 2.39. The molecule has 2 aliphatic heterocycles. The molecule has 0 aliphatic carbocycles. The minimum atomic E-state index is -0.430. The molecule has 0 aromatic rings. The van der Waals surface area contributed by atoms with Gasteiger partial charge < -0.3 is 19.1 Å². The maximum absolute atomic E-state index is 11.9. The van der Waals surface area contributed by atoms with E-state index in [1.54, 1.807) is 4.90 Å². The summed E-state index contributed by atoms with van der Waals surface area (Å²) in [6, 6.07) is 0. The zero-order valence-corrected chi connectivity index (χ0v) is 12.9. The van der Waals surface area contributed by atoms with Crippen molar-refractivity contribution in [2.75, 3.05) is 19.7 Å². The van der Waals surface area contributed by atoms with E-state index in [2.05, 4.69) is 0 Å². The quantitative estimate of drug-likeness (QED) is 0.782. The number of hydrogen-bond acceptors (Lipinski definition) is 4. The van der Waals surface area contributed by atoms with Crippen LogP contribution in [0.4, 0.5) is 4.79 Å². The van der Waals surface area contributed by atoms with Gasteiger partial charge in [0, 0.05) is 19.7 Å². The maximum Gasteiger partial charge on any atom is 0.410 e. The average molecular weight is 285 g/mol. The minimum Gasteiger partial charge on any atom is -0.444 e. The highest BCUT2D eigenvalue weighted by Gasteiger charge is 2.29. The van der Waals surface area contributed by atoms with Crippen LogP contribution in [0.5, 0.6) is 0 Å². The summed E-state index contributed by atoms with van der Waals surface area (Å²) in [6.07, 6.45) is 4.98. The molecule has 5 heteroatoms. The first-order valence-corrected chi connectivity index (χ1v) is 7.69. The number of rotatable bonds is 2. The Balaban J connectivity index is 1.70. The number of piperidine rings is 1. The second-order valence-electron chi connectivity index (χ2n) is 6.60. The maximum atomic E-state index is 11.9. The van der Waals surface area contributed by atoms with Crippen LogP contribution in [0.15, 0.2) is 0 Å². The Kier molecular flexibility index (Phi) is 5.27. The molecule has 0 radical (unpaired) electrons. The van der Waals surface area contributed by atoms with Gasteiger partial charge in [0.1, 0.15) is 5.60 Å². The molecule has 2 saturated heterocycles. The number of amides is 1. The molecule has 2 rings (SSSR count). The molecular formula is C15H27NO4. The van der Waals surface area contributed by atoms with E-state index >= 15 is 0 Å². The summed E-state index contributed by atoms with van der Waals surface area (Å²) in [6.45, 7) is 7.88. The van der Waals surface area contributed by atoms with E-state index in [4.69, 9.17) is 14.2 Å². The van der Waals surface area contributed by atoms with Crippen LogP contribution in [-0.4, -0.2) is 48.7 Å². The highest BCUT2D eigenvalue weighted by atomic mass is 16.7.